The van der Waals surface area contributed by atoms with Gasteiger partial charge in [0, 0.05) is 37.8 Å². The minimum absolute atomic E-state index is 0.245. The first-order chi connectivity index (χ1) is 13.1. The predicted octanol–water partition coefficient (Wildman–Crippen LogP) is 4.40. The van der Waals surface area contributed by atoms with Gasteiger partial charge in [-0.25, -0.2) is 4.39 Å². The van der Waals surface area contributed by atoms with Crippen molar-refractivity contribution in [1.82, 2.24) is 5.32 Å². The molecule has 1 aliphatic heterocycles. The molecule has 0 bridgehead atoms. The molecule has 0 saturated carbocycles. The third-order valence-electron chi connectivity index (χ3n) is 4.78. The van der Waals surface area contributed by atoms with Crippen molar-refractivity contribution in [2.24, 2.45) is 0 Å². The van der Waals surface area contributed by atoms with E-state index in [9.17, 15) is 9.18 Å². The van der Waals surface area contributed by atoms with E-state index in [0.29, 0.717) is 15.7 Å². The summed E-state index contributed by atoms with van der Waals surface area (Å²) < 4.78 is 14.6. The summed E-state index contributed by atoms with van der Waals surface area (Å²) in [5, 5.41) is 8.09. The Labute approximate surface area is 165 Å². The van der Waals surface area contributed by atoms with Gasteiger partial charge >= 0.3 is 0 Å². The van der Waals surface area contributed by atoms with Crippen LogP contribution in [0.1, 0.15) is 10.4 Å². The van der Waals surface area contributed by atoms with E-state index in [0.717, 1.165) is 42.6 Å². The molecular formula is C21H19BrFN3O. The molecule has 0 atom stereocenters. The Morgan fingerprint density at radius 1 is 1.07 bits per heavy atom. The number of carbonyl (C=O) groups is 1. The van der Waals surface area contributed by atoms with E-state index >= 15 is 0 Å². The van der Waals surface area contributed by atoms with Gasteiger partial charge in [-0.15, -0.1) is 0 Å². The van der Waals surface area contributed by atoms with Crippen molar-refractivity contribution in [1.29, 1.82) is 0 Å². The van der Waals surface area contributed by atoms with Crippen LogP contribution in [0, 0.1) is 5.82 Å². The fraction of sp³-hybridized carbons (Fsp3) is 0.190. The lowest BCUT2D eigenvalue weighted by atomic mass is 10.0. The number of anilines is 2. The lowest BCUT2D eigenvalue weighted by Crippen LogP contribution is -2.43. The molecule has 138 valence electrons. The molecule has 1 fully saturated rings. The summed E-state index contributed by atoms with van der Waals surface area (Å²) in [6.45, 7) is 3.31. The van der Waals surface area contributed by atoms with E-state index < -0.39 is 5.82 Å². The summed E-state index contributed by atoms with van der Waals surface area (Å²) in [6, 6.07) is 16.5. The van der Waals surface area contributed by atoms with E-state index in [1.54, 1.807) is 12.1 Å². The quantitative estimate of drug-likeness (QED) is 0.650. The third-order valence-corrected chi connectivity index (χ3v) is 5.39. The van der Waals surface area contributed by atoms with Gasteiger partial charge in [-0.05, 0) is 38.8 Å². The maximum absolute atomic E-state index is 14.2. The molecule has 0 radical (unpaired) electrons. The molecule has 1 heterocycles. The Hall–Kier alpha value is -2.44. The van der Waals surface area contributed by atoms with E-state index in [4.69, 9.17) is 0 Å². The van der Waals surface area contributed by atoms with Gasteiger partial charge in [0.15, 0.2) is 0 Å². The number of nitrogens with zero attached hydrogens (tertiary/aromatic N) is 1. The fourth-order valence-electron chi connectivity index (χ4n) is 3.42. The van der Waals surface area contributed by atoms with E-state index in [-0.39, 0.29) is 5.91 Å². The molecule has 3 aromatic carbocycles. The summed E-state index contributed by atoms with van der Waals surface area (Å²) in [5.74, 6) is -0.646. The second-order valence-corrected chi connectivity index (χ2v) is 7.36. The molecule has 4 rings (SSSR count). The first-order valence-corrected chi connectivity index (χ1v) is 9.66. The van der Waals surface area contributed by atoms with Crippen LogP contribution < -0.4 is 15.5 Å². The van der Waals surface area contributed by atoms with Crippen molar-refractivity contribution in [3.8, 4) is 0 Å². The minimum atomic E-state index is -0.401. The Balaban J connectivity index is 1.71. The topological polar surface area (TPSA) is 44.4 Å². The Bertz CT molecular complexity index is 997. The van der Waals surface area contributed by atoms with Crippen LogP contribution in [0.5, 0.6) is 0 Å². The average Bonchev–Trinajstić information content (AvgIpc) is 2.70. The second kappa shape index (κ2) is 7.66. The van der Waals surface area contributed by atoms with Gasteiger partial charge in [-0.2, -0.15) is 0 Å². The monoisotopic (exact) mass is 427 g/mol. The second-order valence-electron chi connectivity index (χ2n) is 6.50. The zero-order valence-electron chi connectivity index (χ0n) is 14.6. The molecule has 0 aliphatic carbocycles. The molecule has 6 heteroatoms. The molecule has 3 aromatic rings. The van der Waals surface area contributed by atoms with Crippen LogP contribution in [0.4, 0.5) is 15.8 Å². The highest BCUT2D eigenvalue weighted by atomic mass is 79.9. The van der Waals surface area contributed by atoms with Crippen molar-refractivity contribution >= 4 is 44.0 Å². The number of rotatable bonds is 3. The highest BCUT2D eigenvalue weighted by molar-refractivity contribution is 9.10. The third kappa shape index (κ3) is 3.68. The normalized spacial score (nSPS) is 14.4. The molecule has 0 unspecified atom stereocenters. The number of nitrogens with one attached hydrogen (secondary N) is 2. The van der Waals surface area contributed by atoms with Crippen molar-refractivity contribution in [2.75, 3.05) is 36.4 Å². The van der Waals surface area contributed by atoms with Gasteiger partial charge in [-0.3, -0.25) is 4.79 Å². The lowest BCUT2D eigenvalue weighted by molar-refractivity contribution is 0.102. The number of benzene rings is 3. The Morgan fingerprint density at radius 3 is 2.63 bits per heavy atom. The molecule has 2 N–H and O–H groups in total. The number of amides is 1. The largest absolute Gasteiger partial charge is 0.367 e. The first kappa shape index (κ1) is 17.9. The maximum Gasteiger partial charge on any atom is 0.256 e. The summed E-state index contributed by atoms with van der Waals surface area (Å²) in [4.78, 5) is 15.1. The van der Waals surface area contributed by atoms with E-state index in [1.807, 2.05) is 36.4 Å². The molecule has 1 aliphatic rings. The smallest absolute Gasteiger partial charge is 0.256 e. The van der Waals surface area contributed by atoms with Crippen LogP contribution in [0.25, 0.3) is 10.8 Å². The van der Waals surface area contributed by atoms with Crippen LogP contribution in [0.3, 0.4) is 0 Å². The van der Waals surface area contributed by atoms with Crippen molar-refractivity contribution in [2.45, 2.75) is 0 Å². The molecular weight excluding hydrogens is 409 g/mol. The summed E-state index contributed by atoms with van der Waals surface area (Å²) in [7, 11) is 0. The average molecular weight is 428 g/mol. The molecule has 0 spiro atoms. The number of hydrogen-bond donors (Lipinski definition) is 2. The minimum Gasteiger partial charge on any atom is -0.367 e. The van der Waals surface area contributed by atoms with Crippen LogP contribution in [-0.4, -0.2) is 32.1 Å². The molecule has 4 nitrogen and oxygen atoms in total. The van der Waals surface area contributed by atoms with Gasteiger partial charge in [0.25, 0.3) is 5.91 Å². The number of carbonyl (C=O) groups excluding carboxylic acids is 1. The van der Waals surface area contributed by atoms with Crippen molar-refractivity contribution < 1.29 is 9.18 Å². The van der Waals surface area contributed by atoms with Crippen LogP contribution >= 0.6 is 15.9 Å². The summed E-state index contributed by atoms with van der Waals surface area (Å²) >= 11 is 3.26. The highest BCUT2D eigenvalue weighted by Gasteiger charge is 2.19. The molecule has 0 aromatic heterocycles. The van der Waals surface area contributed by atoms with Crippen molar-refractivity contribution in [3.05, 3.63) is 70.5 Å². The number of halogens is 2. The van der Waals surface area contributed by atoms with Gasteiger partial charge in [0.05, 0.1) is 15.8 Å². The summed E-state index contributed by atoms with van der Waals surface area (Å²) in [5.41, 5.74) is 1.87. The van der Waals surface area contributed by atoms with Gasteiger partial charge in [0.1, 0.15) is 5.82 Å². The lowest BCUT2D eigenvalue weighted by Gasteiger charge is -2.31. The van der Waals surface area contributed by atoms with Gasteiger partial charge in [0.2, 0.25) is 0 Å². The number of piperazine rings is 1. The molecule has 27 heavy (non-hydrogen) atoms. The fourth-order valence-corrected chi connectivity index (χ4v) is 3.75. The molecule has 1 amide bonds. The Kier molecular flexibility index (Phi) is 5.09. The maximum atomic E-state index is 14.2. The Morgan fingerprint density at radius 2 is 1.81 bits per heavy atom. The SMILES string of the molecule is O=C(Nc1cc(F)c(Br)cc1N1CCNCC1)c1cccc2ccccc12. The van der Waals surface area contributed by atoms with E-state index in [1.165, 1.54) is 6.07 Å². The van der Waals surface area contributed by atoms with Crippen LogP contribution in [0.2, 0.25) is 0 Å². The van der Waals surface area contributed by atoms with Crippen LogP contribution in [0.15, 0.2) is 59.1 Å². The number of hydrogen-bond acceptors (Lipinski definition) is 3. The molecule has 1 saturated heterocycles. The van der Waals surface area contributed by atoms with Crippen molar-refractivity contribution in [3.63, 3.8) is 0 Å². The first-order valence-electron chi connectivity index (χ1n) is 8.87. The summed E-state index contributed by atoms with van der Waals surface area (Å²) in [6.07, 6.45) is 0. The standard InChI is InChI=1S/C21H19BrFN3O/c22-17-12-20(26-10-8-24-9-11-26)19(13-18(17)23)25-21(27)16-7-3-5-14-4-1-2-6-15(14)16/h1-7,12-13,24H,8-11H2,(H,25,27). The van der Waals surface area contributed by atoms with Gasteiger partial charge < -0.3 is 15.5 Å². The zero-order chi connectivity index (χ0) is 18.8. The zero-order valence-corrected chi connectivity index (χ0v) is 16.2. The highest BCUT2D eigenvalue weighted by Crippen LogP contribution is 2.33. The number of fused-ring (bicyclic) bond motifs is 1. The van der Waals surface area contributed by atoms with Crippen LogP contribution in [-0.2, 0) is 0 Å². The predicted molar refractivity (Wildman–Crippen MR) is 111 cm³/mol. The van der Waals surface area contributed by atoms with Gasteiger partial charge in [-0.1, -0.05) is 36.4 Å². The van der Waals surface area contributed by atoms with E-state index in [2.05, 4.69) is 31.5 Å².